The molecule has 0 bridgehead atoms. The lowest BCUT2D eigenvalue weighted by atomic mass is 10.1. The Morgan fingerprint density at radius 2 is 1.92 bits per heavy atom. The van der Waals surface area contributed by atoms with Gasteiger partial charge in [-0.15, -0.1) is 0 Å². The van der Waals surface area contributed by atoms with Crippen molar-refractivity contribution >= 4 is 17.9 Å². The number of hydrogen-bond acceptors (Lipinski definition) is 8. The Morgan fingerprint density at radius 1 is 1.17 bits per heavy atom. The van der Waals surface area contributed by atoms with E-state index in [2.05, 4.69) is 20.5 Å². The first-order chi connectivity index (χ1) is 17.4. The summed E-state index contributed by atoms with van der Waals surface area (Å²) in [4.78, 5) is 30.0. The summed E-state index contributed by atoms with van der Waals surface area (Å²) in [5.74, 6) is -0.360. The number of hydrazone groups is 1. The largest absolute Gasteiger partial charge is 0.482 e. The quantitative estimate of drug-likeness (QED) is 0.214. The highest BCUT2D eigenvalue weighted by molar-refractivity contribution is 5.82. The van der Waals surface area contributed by atoms with E-state index in [9.17, 15) is 24.6 Å². The van der Waals surface area contributed by atoms with Gasteiger partial charge in [-0.3, -0.25) is 19.9 Å². The monoisotopic (exact) mass is 484 g/mol. The number of nitro groups is 1. The number of ether oxygens (including phenoxy) is 1. The highest BCUT2D eigenvalue weighted by Gasteiger charge is 2.16. The number of nitrogens with zero attached hydrogens (tertiary/aromatic N) is 4. The minimum absolute atomic E-state index is 0.0112. The molecule has 0 aliphatic heterocycles. The van der Waals surface area contributed by atoms with Crippen molar-refractivity contribution < 1.29 is 14.1 Å². The molecule has 1 aromatic heterocycles. The van der Waals surface area contributed by atoms with Gasteiger partial charge in [-0.2, -0.15) is 10.4 Å². The fourth-order valence-electron chi connectivity index (χ4n) is 3.22. The fraction of sp³-hybridized carbons (Fsp3) is 0.0400. The number of anilines is 1. The smallest absolute Gasteiger partial charge is 0.311 e. The second-order valence-corrected chi connectivity index (χ2v) is 7.39. The van der Waals surface area contributed by atoms with Gasteiger partial charge in [-0.05, 0) is 29.8 Å². The third-order valence-electron chi connectivity index (χ3n) is 4.95. The fourth-order valence-corrected chi connectivity index (χ4v) is 3.22. The number of hydrogen-bond donors (Lipinski definition) is 2. The zero-order valence-electron chi connectivity index (χ0n) is 18.5. The molecule has 0 saturated heterocycles. The van der Waals surface area contributed by atoms with Crippen LogP contribution in [0.4, 0.5) is 16.0 Å². The first-order valence-corrected chi connectivity index (χ1v) is 10.5. The first kappa shape index (κ1) is 23.8. The maximum atomic E-state index is 13.0. The maximum Gasteiger partial charge on any atom is 0.311 e. The minimum Gasteiger partial charge on any atom is -0.482 e. The summed E-state index contributed by atoms with van der Waals surface area (Å²) < 4.78 is 18.6. The number of halogens is 1. The average Bonchev–Trinajstić information content (AvgIpc) is 2.89. The Labute approximate surface area is 203 Å². The SMILES string of the molecule is N#Cc1c(-c2ccccc2)nc(NN=Cc2ccc(OCc3ccc(F)cc3)c([N+](=O)[O-])c2)[nH]c1=O. The molecule has 0 aliphatic carbocycles. The molecule has 2 N–H and O–H groups in total. The van der Waals surface area contributed by atoms with Crippen LogP contribution in [0.25, 0.3) is 11.3 Å². The summed E-state index contributed by atoms with van der Waals surface area (Å²) in [5.41, 5.74) is 3.32. The van der Waals surface area contributed by atoms with Gasteiger partial charge in [-0.25, -0.2) is 14.8 Å². The van der Waals surface area contributed by atoms with Gasteiger partial charge in [-0.1, -0.05) is 42.5 Å². The van der Waals surface area contributed by atoms with Crippen molar-refractivity contribution in [3.8, 4) is 23.1 Å². The van der Waals surface area contributed by atoms with Crippen molar-refractivity contribution in [3.63, 3.8) is 0 Å². The summed E-state index contributed by atoms with van der Waals surface area (Å²) in [7, 11) is 0. The molecule has 0 atom stereocenters. The standard InChI is InChI=1S/C25H17FN6O4/c26-19-9-6-16(7-10-19)15-36-22-11-8-17(12-21(22)32(34)35)14-28-31-25-29-23(18-4-2-1-3-5-18)20(13-27)24(33)30-25/h1-12,14H,15H2,(H2,29,30,31,33). The van der Waals surface area contributed by atoms with E-state index in [0.717, 1.165) is 0 Å². The molecule has 0 spiro atoms. The Balaban J connectivity index is 1.52. The van der Waals surface area contributed by atoms with Crippen LogP contribution in [0.1, 0.15) is 16.7 Å². The normalized spacial score (nSPS) is 10.7. The molecule has 11 heteroatoms. The van der Waals surface area contributed by atoms with E-state index in [1.165, 1.54) is 42.6 Å². The van der Waals surface area contributed by atoms with Crippen molar-refractivity contribution in [3.05, 3.63) is 116 Å². The Morgan fingerprint density at radius 3 is 2.61 bits per heavy atom. The Bertz CT molecular complexity index is 1530. The number of nitrogens with one attached hydrogen (secondary N) is 2. The van der Waals surface area contributed by atoms with Crippen LogP contribution < -0.4 is 15.7 Å². The van der Waals surface area contributed by atoms with Gasteiger partial charge in [0, 0.05) is 17.2 Å². The molecule has 0 aliphatic rings. The van der Waals surface area contributed by atoms with Crippen molar-refractivity contribution in [2.45, 2.75) is 6.61 Å². The molecule has 0 radical (unpaired) electrons. The predicted octanol–water partition coefficient (Wildman–Crippen LogP) is 4.38. The maximum absolute atomic E-state index is 13.0. The van der Waals surface area contributed by atoms with Gasteiger partial charge in [0.25, 0.3) is 5.56 Å². The highest BCUT2D eigenvalue weighted by Crippen LogP contribution is 2.28. The van der Waals surface area contributed by atoms with Crippen molar-refractivity contribution in [2.75, 3.05) is 5.43 Å². The Kier molecular flexibility index (Phi) is 7.07. The number of H-pyrrole nitrogens is 1. The molecule has 178 valence electrons. The van der Waals surface area contributed by atoms with Gasteiger partial charge in [0.05, 0.1) is 16.8 Å². The molecule has 0 unspecified atom stereocenters. The Hall–Kier alpha value is -5.37. The van der Waals surface area contributed by atoms with Crippen LogP contribution in [0, 0.1) is 27.3 Å². The van der Waals surface area contributed by atoms with E-state index in [-0.39, 0.29) is 35.2 Å². The summed E-state index contributed by atoms with van der Waals surface area (Å²) in [6, 6.07) is 20.5. The molecule has 4 rings (SSSR count). The molecule has 4 aromatic rings. The van der Waals surface area contributed by atoms with Gasteiger partial charge in [0.15, 0.2) is 5.75 Å². The first-order valence-electron chi connectivity index (χ1n) is 10.5. The second-order valence-electron chi connectivity index (χ2n) is 7.39. The molecule has 0 saturated carbocycles. The number of aromatic nitrogens is 2. The minimum atomic E-state index is -0.637. The van der Waals surface area contributed by atoms with Crippen LogP contribution in [0.3, 0.4) is 0 Å². The van der Waals surface area contributed by atoms with E-state index in [1.807, 2.05) is 6.07 Å². The summed E-state index contributed by atoms with van der Waals surface area (Å²) >= 11 is 0. The van der Waals surface area contributed by atoms with Crippen LogP contribution in [-0.2, 0) is 6.61 Å². The molecule has 3 aromatic carbocycles. The van der Waals surface area contributed by atoms with E-state index < -0.39 is 16.3 Å². The van der Waals surface area contributed by atoms with Gasteiger partial charge in [0.2, 0.25) is 5.95 Å². The van der Waals surface area contributed by atoms with E-state index in [4.69, 9.17) is 4.74 Å². The zero-order valence-corrected chi connectivity index (χ0v) is 18.5. The summed E-state index contributed by atoms with van der Waals surface area (Å²) in [5, 5.41) is 24.9. The number of nitriles is 1. The van der Waals surface area contributed by atoms with Crippen LogP contribution in [0.5, 0.6) is 5.75 Å². The van der Waals surface area contributed by atoms with Crippen LogP contribution >= 0.6 is 0 Å². The number of nitro benzene ring substituents is 1. The average molecular weight is 484 g/mol. The van der Waals surface area contributed by atoms with Crippen molar-refractivity contribution in [2.24, 2.45) is 5.10 Å². The number of benzene rings is 3. The molecule has 0 amide bonds. The lowest BCUT2D eigenvalue weighted by Gasteiger charge is -2.08. The lowest BCUT2D eigenvalue weighted by Crippen LogP contribution is -2.16. The van der Waals surface area contributed by atoms with Crippen molar-refractivity contribution in [1.82, 2.24) is 9.97 Å². The van der Waals surface area contributed by atoms with E-state index in [0.29, 0.717) is 16.7 Å². The number of rotatable bonds is 8. The second kappa shape index (κ2) is 10.7. The number of aromatic amines is 1. The van der Waals surface area contributed by atoms with Gasteiger partial charge >= 0.3 is 5.69 Å². The third-order valence-corrected chi connectivity index (χ3v) is 4.95. The van der Waals surface area contributed by atoms with Gasteiger partial charge < -0.3 is 4.74 Å². The van der Waals surface area contributed by atoms with Gasteiger partial charge in [0.1, 0.15) is 24.1 Å². The van der Waals surface area contributed by atoms with Crippen LogP contribution in [0.15, 0.2) is 82.7 Å². The highest BCUT2D eigenvalue weighted by atomic mass is 19.1. The summed E-state index contributed by atoms with van der Waals surface area (Å²) in [6.45, 7) is 0.0254. The zero-order chi connectivity index (χ0) is 25.5. The van der Waals surface area contributed by atoms with Crippen molar-refractivity contribution in [1.29, 1.82) is 5.26 Å². The van der Waals surface area contributed by atoms with E-state index in [1.54, 1.807) is 36.4 Å². The molecular weight excluding hydrogens is 467 g/mol. The molecule has 10 nitrogen and oxygen atoms in total. The van der Waals surface area contributed by atoms with Crippen LogP contribution in [-0.4, -0.2) is 21.1 Å². The molecular formula is C25H17FN6O4. The predicted molar refractivity (Wildman–Crippen MR) is 130 cm³/mol. The summed E-state index contributed by atoms with van der Waals surface area (Å²) in [6.07, 6.45) is 1.30. The topological polar surface area (TPSA) is 146 Å². The molecule has 0 fully saturated rings. The van der Waals surface area contributed by atoms with Crippen LogP contribution in [0.2, 0.25) is 0 Å². The lowest BCUT2D eigenvalue weighted by molar-refractivity contribution is -0.385. The molecule has 36 heavy (non-hydrogen) atoms. The third kappa shape index (κ3) is 5.57. The van der Waals surface area contributed by atoms with E-state index >= 15 is 0 Å². The molecule has 1 heterocycles.